The Bertz CT molecular complexity index is 830. The van der Waals surface area contributed by atoms with Crippen LogP contribution < -0.4 is 5.32 Å². The molecule has 2 amide bonds. The number of rotatable bonds is 8. The van der Waals surface area contributed by atoms with Gasteiger partial charge in [-0.05, 0) is 30.7 Å². The van der Waals surface area contributed by atoms with Gasteiger partial charge < -0.3 is 10.2 Å². The van der Waals surface area contributed by atoms with Crippen molar-refractivity contribution in [3.05, 3.63) is 69.5 Å². The number of hydrogen-bond donors (Lipinski definition) is 1. The van der Waals surface area contributed by atoms with Crippen LogP contribution >= 0.6 is 35.0 Å². The number of nitrogens with zero attached hydrogens (tertiary/aromatic N) is 1. The Hall–Kier alpha value is -1.76. The summed E-state index contributed by atoms with van der Waals surface area (Å²) in [6.07, 6.45) is 0. The van der Waals surface area contributed by atoms with Crippen LogP contribution in [0.25, 0.3) is 0 Å². The molecule has 0 saturated carbocycles. The molecule has 0 fully saturated rings. The molecule has 2 aromatic carbocycles. The highest BCUT2D eigenvalue weighted by atomic mass is 35.5. The van der Waals surface area contributed by atoms with E-state index in [1.165, 1.54) is 35.8 Å². The predicted molar refractivity (Wildman–Crippen MR) is 113 cm³/mol. The summed E-state index contributed by atoms with van der Waals surface area (Å²) in [5, 5.41) is 3.41. The van der Waals surface area contributed by atoms with Gasteiger partial charge in [-0.25, -0.2) is 4.39 Å². The average Bonchev–Trinajstić information content (AvgIpc) is 2.68. The Kier molecular flexibility index (Phi) is 8.60. The summed E-state index contributed by atoms with van der Waals surface area (Å²) in [6, 6.07) is 11.0. The van der Waals surface area contributed by atoms with Crippen molar-refractivity contribution in [2.45, 2.75) is 25.3 Å². The SMILES string of the molecule is CNC(=O)[C@H](C)N(Cc1ccccc1Cl)C(=O)CSCc1c(F)cccc1Cl. The van der Waals surface area contributed by atoms with E-state index in [0.717, 1.165) is 5.56 Å². The van der Waals surface area contributed by atoms with Gasteiger partial charge in [-0.2, -0.15) is 0 Å². The molecule has 0 spiro atoms. The molecule has 1 atom stereocenters. The van der Waals surface area contributed by atoms with E-state index in [2.05, 4.69) is 5.32 Å². The fourth-order valence-electron chi connectivity index (χ4n) is 2.60. The highest BCUT2D eigenvalue weighted by Gasteiger charge is 2.26. The smallest absolute Gasteiger partial charge is 0.242 e. The first kappa shape index (κ1) is 22.5. The van der Waals surface area contributed by atoms with Gasteiger partial charge in [-0.3, -0.25) is 9.59 Å². The third-order valence-corrected chi connectivity index (χ3v) is 5.91. The maximum Gasteiger partial charge on any atom is 0.242 e. The van der Waals surface area contributed by atoms with Gasteiger partial charge in [-0.15, -0.1) is 11.8 Å². The third kappa shape index (κ3) is 5.87. The van der Waals surface area contributed by atoms with Crippen LogP contribution in [0.3, 0.4) is 0 Å². The number of halogens is 3. The van der Waals surface area contributed by atoms with E-state index in [4.69, 9.17) is 23.2 Å². The second-order valence-electron chi connectivity index (χ2n) is 6.10. The first-order valence-electron chi connectivity index (χ1n) is 8.60. The summed E-state index contributed by atoms with van der Waals surface area (Å²) in [6.45, 7) is 1.86. The number of carbonyl (C=O) groups excluding carboxylic acids is 2. The van der Waals surface area contributed by atoms with Gasteiger partial charge in [0.2, 0.25) is 11.8 Å². The zero-order valence-corrected chi connectivity index (χ0v) is 17.9. The fraction of sp³-hybridized carbons (Fsp3) is 0.300. The van der Waals surface area contributed by atoms with Gasteiger partial charge in [0.05, 0.1) is 5.75 Å². The Morgan fingerprint density at radius 3 is 2.46 bits per heavy atom. The quantitative estimate of drug-likeness (QED) is 0.653. The highest BCUT2D eigenvalue weighted by molar-refractivity contribution is 7.99. The molecule has 0 bridgehead atoms. The Balaban J connectivity index is 2.10. The first-order valence-corrected chi connectivity index (χ1v) is 10.5. The molecule has 0 aliphatic carbocycles. The minimum atomic E-state index is -0.675. The molecule has 2 aromatic rings. The summed E-state index contributed by atoms with van der Waals surface area (Å²) in [7, 11) is 1.52. The van der Waals surface area contributed by atoms with Crippen LogP contribution in [-0.2, 0) is 21.9 Å². The average molecular weight is 443 g/mol. The topological polar surface area (TPSA) is 49.4 Å². The summed E-state index contributed by atoms with van der Waals surface area (Å²) >= 11 is 13.5. The molecule has 1 N–H and O–H groups in total. The van der Waals surface area contributed by atoms with Crippen LogP contribution in [0.5, 0.6) is 0 Å². The second-order valence-corrected chi connectivity index (χ2v) is 7.90. The normalized spacial score (nSPS) is 11.8. The van der Waals surface area contributed by atoms with E-state index >= 15 is 0 Å². The largest absolute Gasteiger partial charge is 0.357 e. The van der Waals surface area contributed by atoms with E-state index in [9.17, 15) is 14.0 Å². The van der Waals surface area contributed by atoms with Crippen molar-refractivity contribution in [1.29, 1.82) is 0 Å². The van der Waals surface area contributed by atoms with E-state index in [1.807, 2.05) is 12.1 Å². The third-order valence-electron chi connectivity index (χ3n) is 4.25. The molecule has 0 saturated heterocycles. The van der Waals surface area contributed by atoms with Crippen molar-refractivity contribution in [3.63, 3.8) is 0 Å². The van der Waals surface area contributed by atoms with Gasteiger partial charge >= 0.3 is 0 Å². The van der Waals surface area contributed by atoms with Crippen LogP contribution in [0.2, 0.25) is 10.0 Å². The number of thioether (sulfide) groups is 1. The van der Waals surface area contributed by atoms with Crippen molar-refractivity contribution >= 4 is 46.8 Å². The predicted octanol–water partition coefficient (Wildman–Crippen LogP) is 4.53. The first-order chi connectivity index (χ1) is 13.3. The van der Waals surface area contributed by atoms with Crippen LogP contribution in [0, 0.1) is 5.82 Å². The maximum absolute atomic E-state index is 13.9. The molecule has 0 radical (unpaired) electrons. The molecule has 150 valence electrons. The van der Waals surface area contributed by atoms with Crippen molar-refractivity contribution in [2.24, 2.45) is 0 Å². The fourth-order valence-corrected chi connectivity index (χ4v) is 4.04. The van der Waals surface area contributed by atoms with Gasteiger partial charge in [0.25, 0.3) is 0 Å². The number of benzene rings is 2. The number of amides is 2. The number of carbonyl (C=O) groups is 2. The van der Waals surface area contributed by atoms with E-state index in [-0.39, 0.29) is 29.9 Å². The minimum absolute atomic E-state index is 0.0798. The summed E-state index contributed by atoms with van der Waals surface area (Å²) in [4.78, 5) is 26.4. The number of hydrogen-bond acceptors (Lipinski definition) is 3. The van der Waals surface area contributed by atoms with E-state index in [0.29, 0.717) is 15.6 Å². The second kappa shape index (κ2) is 10.7. The number of likely N-dealkylation sites (N-methyl/N-ethyl adjacent to an activating group) is 1. The summed E-state index contributed by atoms with van der Waals surface area (Å²) < 4.78 is 13.9. The van der Waals surface area contributed by atoms with Gasteiger partial charge in [0.1, 0.15) is 11.9 Å². The molecule has 0 aromatic heterocycles. The number of nitrogens with one attached hydrogen (secondary N) is 1. The molecule has 2 rings (SSSR count). The van der Waals surface area contributed by atoms with Crippen molar-refractivity contribution in [3.8, 4) is 0 Å². The minimum Gasteiger partial charge on any atom is -0.357 e. The Morgan fingerprint density at radius 2 is 1.82 bits per heavy atom. The van der Waals surface area contributed by atoms with Crippen LogP contribution in [-0.4, -0.2) is 35.6 Å². The molecule has 28 heavy (non-hydrogen) atoms. The summed E-state index contributed by atoms with van der Waals surface area (Å²) in [5.74, 6) is -0.586. The van der Waals surface area contributed by atoms with E-state index < -0.39 is 11.9 Å². The molecular formula is C20H21Cl2FN2O2S. The van der Waals surface area contributed by atoms with Crippen LogP contribution in [0.1, 0.15) is 18.1 Å². The lowest BCUT2D eigenvalue weighted by atomic mass is 10.1. The molecule has 8 heteroatoms. The van der Waals surface area contributed by atoms with Crippen LogP contribution in [0.4, 0.5) is 4.39 Å². The monoisotopic (exact) mass is 442 g/mol. The molecule has 0 heterocycles. The van der Waals surface area contributed by atoms with Crippen molar-refractivity contribution < 1.29 is 14.0 Å². The molecular weight excluding hydrogens is 422 g/mol. The zero-order valence-electron chi connectivity index (χ0n) is 15.5. The molecule has 0 aliphatic heterocycles. The zero-order chi connectivity index (χ0) is 20.7. The molecule has 0 aliphatic rings. The van der Waals surface area contributed by atoms with Gasteiger partial charge in [-0.1, -0.05) is 47.5 Å². The van der Waals surface area contributed by atoms with Gasteiger partial charge in [0.15, 0.2) is 0 Å². The lowest BCUT2D eigenvalue weighted by Gasteiger charge is -2.28. The van der Waals surface area contributed by atoms with Crippen molar-refractivity contribution in [2.75, 3.05) is 12.8 Å². The standard InChI is InChI=1S/C20H21Cl2FN2O2S/c1-13(20(27)24-2)25(10-14-6-3-4-7-16(14)21)19(26)12-28-11-15-17(22)8-5-9-18(15)23/h3-9,13H,10-12H2,1-2H3,(H,24,27)/t13-/m0/s1. The summed E-state index contributed by atoms with van der Waals surface area (Å²) in [5.41, 5.74) is 1.11. The Labute approximate surface area is 178 Å². The van der Waals surface area contributed by atoms with Crippen LogP contribution in [0.15, 0.2) is 42.5 Å². The molecule has 0 unspecified atom stereocenters. The lowest BCUT2D eigenvalue weighted by molar-refractivity contribution is -0.138. The molecule has 4 nitrogen and oxygen atoms in total. The van der Waals surface area contributed by atoms with E-state index in [1.54, 1.807) is 25.1 Å². The van der Waals surface area contributed by atoms with Crippen molar-refractivity contribution in [1.82, 2.24) is 10.2 Å². The Morgan fingerprint density at radius 1 is 1.14 bits per heavy atom. The lowest BCUT2D eigenvalue weighted by Crippen LogP contribution is -2.47. The van der Waals surface area contributed by atoms with Gasteiger partial charge in [0, 0.05) is 35.0 Å². The highest BCUT2D eigenvalue weighted by Crippen LogP contribution is 2.25. The maximum atomic E-state index is 13.9.